The maximum Gasteiger partial charge on any atom is 0.175 e. The third-order valence-corrected chi connectivity index (χ3v) is 3.63. The molecule has 3 nitrogen and oxygen atoms in total. The summed E-state index contributed by atoms with van der Waals surface area (Å²) in [7, 11) is -1.52. The molecule has 1 rings (SSSR count). The predicted octanol–water partition coefficient (Wildman–Crippen LogP) is 1.30. The molecule has 0 aliphatic heterocycles. The molecule has 0 spiro atoms. The second-order valence-corrected chi connectivity index (χ2v) is 5.82. The normalized spacial score (nSPS) is 11.8. The first-order valence-corrected chi connectivity index (χ1v) is 6.89. The van der Waals surface area contributed by atoms with Crippen molar-refractivity contribution in [2.24, 2.45) is 0 Å². The minimum atomic E-state index is -3.28. The molecule has 0 fully saturated rings. The molecule has 0 aliphatic rings. The van der Waals surface area contributed by atoms with Gasteiger partial charge in [-0.25, -0.2) is 12.8 Å². The van der Waals surface area contributed by atoms with Crippen LogP contribution in [0, 0.1) is 12.7 Å². The summed E-state index contributed by atoms with van der Waals surface area (Å²) in [6.45, 7) is 2.21. The van der Waals surface area contributed by atoms with Gasteiger partial charge in [0.05, 0.1) is 4.90 Å². The van der Waals surface area contributed by atoms with E-state index in [1.54, 1.807) is 14.0 Å². The summed E-state index contributed by atoms with van der Waals surface area (Å²) in [5.41, 5.74) is 0.883. The van der Waals surface area contributed by atoms with E-state index in [0.717, 1.165) is 6.26 Å². The predicted molar refractivity (Wildman–Crippen MR) is 61.9 cm³/mol. The maximum atomic E-state index is 13.5. The summed E-state index contributed by atoms with van der Waals surface area (Å²) in [6, 6.07) is 2.71. The van der Waals surface area contributed by atoms with E-state index in [0.29, 0.717) is 24.1 Å². The lowest BCUT2D eigenvalue weighted by molar-refractivity contribution is 0.592. The van der Waals surface area contributed by atoms with Gasteiger partial charge in [-0.3, -0.25) is 0 Å². The zero-order chi connectivity index (χ0) is 12.3. The maximum absolute atomic E-state index is 13.5. The van der Waals surface area contributed by atoms with Crippen LogP contribution in [0.4, 0.5) is 4.39 Å². The van der Waals surface area contributed by atoms with Crippen LogP contribution < -0.4 is 5.32 Å². The minimum Gasteiger partial charge on any atom is -0.319 e. The largest absolute Gasteiger partial charge is 0.319 e. The summed E-state index contributed by atoms with van der Waals surface area (Å²) in [4.78, 5) is 0.208. The summed E-state index contributed by atoms with van der Waals surface area (Å²) in [6.07, 6.45) is 1.61. The number of hydrogen-bond acceptors (Lipinski definition) is 3. The van der Waals surface area contributed by atoms with Crippen LogP contribution in [0.1, 0.15) is 11.1 Å². The van der Waals surface area contributed by atoms with Crippen molar-refractivity contribution in [3.8, 4) is 0 Å². The molecular weight excluding hydrogens is 229 g/mol. The highest BCUT2D eigenvalue weighted by molar-refractivity contribution is 7.90. The molecule has 0 heterocycles. The molecule has 1 aromatic rings. The molecule has 0 amide bonds. The lowest BCUT2D eigenvalue weighted by Gasteiger charge is -2.08. The zero-order valence-electron chi connectivity index (χ0n) is 9.67. The molecule has 5 heteroatoms. The number of sulfone groups is 1. The van der Waals surface area contributed by atoms with E-state index in [1.807, 2.05) is 0 Å². The summed E-state index contributed by atoms with van der Waals surface area (Å²) < 4.78 is 36.4. The number of likely N-dealkylation sites (N-methyl/N-ethyl adjacent to an activating group) is 1. The Morgan fingerprint density at radius 2 is 2.00 bits per heavy atom. The first-order valence-electron chi connectivity index (χ1n) is 5.00. The third kappa shape index (κ3) is 3.02. The highest BCUT2D eigenvalue weighted by Crippen LogP contribution is 2.20. The Bertz CT molecular complexity index is 483. The Kier molecular flexibility index (Phi) is 4.04. The van der Waals surface area contributed by atoms with Crippen molar-refractivity contribution in [1.82, 2.24) is 5.32 Å². The Morgan fingerprint density at radius 1 is 1.38 bits per heavy atom. The second-order valence-electron chi connectivity index (χ2n) is 3.83. The van der Waals surface area contributed by atoms with E-state index in [4.69, 9.17) is 0 Å². The number of rotatable bonds is 4. The van der Waals surface area contributed by atoms with Gasteiger partial charge in [0.2, 0.25) is 0 Å². The van der Waals surface area contributed by atoms with E-state index in [9.17, 15) is 12.8 Å². The van der Waals surface area contributed by atoms with E-state index >= 15 is 0 Å². The minimum absolute atomic E-state index is 0.208. The molecule has 0 atom stereocenters. The fourth-order valence-electron chi connectivity index (χ4n) is 1.55. The van der Waals surface area contributed by atoms with Gasteiger partial charge in [0.25, 0.3) is 0 Å². The van der Waals surface area contributed by atoms with Gasteiger partial charge in [-0.2, -0.15) is 0 Å². The topological polar surface area (TPSA) is 46.2 Å². The number of benzene rings is 1. The van der Waals surface area contributed by atoms with Crippen molar-refractivity contribution in [2.75, 3.05) is 19.8 Å². The number of hydrogen-bond donors (Lipinski definition) is 1. The van der Waals surface area contributed by atoms with Crippen molar-refractivity contribution in [2.45, 2.75) is 18.2 Å². The fourth-order valence-corrected chi connectivity index (χ4v) is 2.55. The summed E-state index contributed by atoms with van der Waals surface area (Å²) in [5.74, 6) is -0.347. The van der Waals surface area contributed by atoms with E-state index < -0.39 is 9.84 Å². The van der Waals surface area contributed by atoms with Gasteiger partial charge >= 0.3 is 0 Å². The SMILES string of the molecule is CNCCc1cc(S(C)(=O)=O)c(C)cc1F. The molecule has 0 saturated carbocycles. The smallest absolute Gasteiger partial charge is 0.175 e. The molecular formula is C11H16FNO2S. The van der Waals surface area contributed by atoms with Crippen molar-refractivity contribution in [3.63, 3.8) is 0 Å². The molecule has 0 unspecified atom stereocenters. The Hall–Kier alpha value is -0.940. The third-order valence-electron chi connectivity index (χ3n) is 2.39. The van der Waals surface area contributed by atoms with Crippen LogP contribution in [0.2, 0.25) is 0 Å². The van der Waals surface area contributed by atoms with E-state index in [-0.39, 0.29) is 10.7 Å². The Balaban J connectivity index is 3.22. The first kappa shape index (κ1) is 13.1. The standard InChI is InChI=1S/C11H16FNO2S/c1-8-6-10(12)9(4-5-13-2)7-11(8)16(3,14)15/h6-7,13H,4-5H2,1-3H3. The zero-order valence-corrected chi connectivity index (χ0v) is 10.5. The second kappa shape index (κ2) is 4.93. The molecule has 0 radical (unpaired) electrons. The fraction of sp³-hybridized carbons (Fsp3) is 0.455. The van der Waals surface area contributed by atoms with Crippen molar-refractivity contribution in [3.05, 3.63) is 29.1 Å². The summed E-state index contributed by atoms with van der Waals surface area (Å²) in [5, 5.41) is 2.90. The van der Waals surface area contributed by atoms with Gasteiger partial charge in [-0.15, -0.1) is 0 Å². The van der Waals surface area contributed by atoms with Crippen LogP contribution >= 0.6 is 0 Å². The van der Waals surface area contributed by atoms with Crippen LogP contribution in [0.25, 0.3) is 0 Å². The number of nitrogens with one attached hydrogen (secondary N) is 1. The summed E-state index contributed by atoms with van der Waals surface area (Å²) >= 11 is 0. The van der Waals surface area contributed by atoms with E-state index in [1.165, 1.54) is 12.1 Å². The van der Waals surface area contributed by atoms with E-state index in [2.05, 4.69) is 5.32 Å². The van der Waals surface area contributed by atoms with Crippen molar-refractivity contribution < 1.29 is 12.8 Å². The number of aryl methyl sites for hydroxylation is 1. The van der Waals surface area contributed by atoms with Crippen LogP contribution in [-0.4, -0.2) is 28.3 Å². The quantitative estimate of drug-likeness (QED) is 0.813. The van der Waals surface area contributed by atoms with Crippen LogP contribution in [-0.2, 0) is 16.3 Å². The molecule has 16 heavy (non-hydrogen) atoms. The van der Waals surface area contributed by atoms with Gasteiger partial charge in [-0.1, -0.05) is 0 Å². The molecule has 0 aromatic heterocycles. The molecule has 1 N–H and O–H groups in total. The van der Waals surface area contributed by atoms with Crippen LogP contribution in [0.5, 0.6) is 0 Å². The molecule has 0 aliphatic carbocycles. The van der Waals surface area contributed by atoms with Gasteiger partial charge in [-0.05, 0) is 50.2 Å². The molecule has 0 bridgehead atoms. The van der Waals surface area contributed by atoms with Gasteiger partial charge < -0.3 is 5.32 Å². The monoisotopic (exact) mass is 245 g/mol. The highest BCUT2D eigenvalue weighted by atomic mass is 32.2. The van der Waals surface area contributed by atoms with Gasteiger partial charge in [0.15, 0.2) is 9.84 Å². The average Bonchev–Trinajstić information content (AvgIpc) is 2.14. The van der Waals surface area contributed by atoms with Crippen molar-refractivity contribution >= 4 is 9.84 Å². The van der Waals surface area contributed by atoms with Crippen molar-refractivity contribution in [1.29, 1.82) is 0 Å². The molecule has 90 valence electrons. The average molecular weight is 245 g/mol. The Labute approximate surface area is 95.6 Å². The lowest BCUT2D eigenvalue weighted by atomic mass is 10.1. The first-order chi connectivity index (χ1) is 7.36. The van der Waals surface area contributed by atoms with Gasteiger partial charge in [0, 0.05) is 6.26 Å². The number of halogens is 1. The highest BCUT2D eigenvalue weighted by Gasteiger charge is 2.14. The van der Waals surface area contributed by atoms with Gasteiger partial charge in [0.1, 0.15) is 5.82 Å². The van der Waals surface area contributed by atoms with Crippen LogP contribution in [0.15, 0.2) is 17.0 Å². The lowest BCUT2D eigenvalue weighted by Crippen LogP contribution is -2.12. The van der Waals surface area contributed by atoms with Crippen LogP contribution in [0.3, 0.4) is 0 Å². The molecule has 1 aromatic carbocycles. The molecule has 0 saturated heterocycles. The Morgan fingerprint density at radius 3 is 2.50 bits per heavy atom.